The Balaban J connectivity index is 2.20. The number of hydrogen-bond acceptors (Lipinski definition) is 6. The number of hydrogen-bond donors (Lipinski definition) is 1. The summed E-state index contributed by atoms with van der Waals surface area (Å²) in [6.07, 6.45) is 1.56. The fourth-order valence-corrected chi connectivity index (χ4v) is 2.56. The Morgan fingerprint density at radius 1 is 1.42 bits per heavy atom. The lowest BCUT2D eigenvalue weighted by atomic mass is 10.2. The van der Waals surface area contributed by atoms with E-state index in [-0.39, 0.29) is 11.5 Å². The number of anilines is 1. The monoisotopic (exact) mass is 278 g/mol. The van der Waals surface area contributed by atoms with Crippen LogP contribution in [-0.2, 0) is 6.54 Å². The summed E-state index contributed by atoms with van der Waals surface area (Å²) in [5.74, 6) is 0.288. The van der Waals surface area contributed by atoms with Gasteiger partial charge in [-0.2, -0.15) is 0 Å². The zero-order chi connectivity index (χ0) is 14.0. The van der Waals surface area contributed by atoms with Gasteiger partial charge in [-0.1, -0.05) is 0 Å². The maximum absolute atomic E-state index is 11.0. The molecule has 0 saturated carbocycles. The smallest absolute Gasteiger partial charge is 0.314 e. The molecule has 0 radical (unpaired) electrons. The Hall–Kier alpha value is -2.02. The molecule has 0 aromatic carbocycles. The minimum absolute atomic E-state index is 0.0208. The molecule has 2 aromatic rings. The second-order valence-electron chi connectivity index (χ2n) is 4.18. The topological polar surface area (TPSA) is 81.0 Å². The molecule has 0 aliphatic heterocycles. The van der Waals surface area contributed by atoms with E-state index in [9.17, 15) is 10.1 Å². The highest BCUT2D eigenvalue weighted by Crippen LogP contribution is 2.26. The van der Waals surface area contributed by atoms with Crippen LogP contribution in [0.5, 0.6) is 0 Å². The largest absolute Gasteiger partial charge is 0.358 e. The van der Waals surface area contributed by atoms with Gasteiger partial charge in [0.25, 0.3) is 0 Å². The molecule has 0 unspecified atom stereocenters. The molecule has 100 valence electrons. The third-order valence-electron chi connectivity index (χ3n) is 2.79. The first-order valence-electron chi connectivity index (χ1n) is 5.76. The molecule has 0 fully saturated rings. The van der Waals surface area contributed by atoms with Crippen molar-refractivity contribution in [2.45, 2.75) is 27.3 Å². The van der Waals surface area contributed by atoms with Gasteiger partial charge >= 0.3 is 5.69 Å². The Labute approximate surface area is 114 Å². The van der Waals surface area contributed by atoms with Crippen molar-refractivity contribution in [2.24, 2.45) is 0 Å². The lowest BCUT2D eigenvalue weighted by Crippen LogP contribution is -2.05. The molecule has 7 heteroatoms. The third-order valence-corrected chi connectivity index (χ3v) is 3.86. The molecule has 1 N–H and O–H groups in total. The van der Waals surface area contributed by atoms with Gasteiger partial charge in [-0.15, -0.1) is 11.3 Å². The summed E-state index contributed by atoms with van der Waals surface area (Å²) in [6, 6.07) is 1.63. The van der Waals surface area contributed by atoms with Crippen LogP contribution in [0, 0.1) is 30.9 Å². The zero-order valence-electron chi connectivity index (χ0n) is 10.9. The van der Waals surface area contributed by atoms with Crippen LogP contribution >= 0.6 is 11.3 Å². The number of nitrogens with zero attached hydrogens (tertiary/aromatic N) is 3. The number of aromatic nitrogens is 2. The van der Waals surface area contributed by atoms with Crippen LogP contribution in [0.4, 0.5) is 11.5 Å². The first-order chi connectivity index (χ1) is 8.99. The lowest BCUT2D eigenvalue weighted by Gasteiger charge is -2.05. The molecular formula is C12H14N4O2S. The SMILES string of the molecule is Cc1ccnc(NCc2nc(C)c(C)s2)c1[N+](=O)[O-]. The summed E-state index contributed by atoms with van der Waals surface area (Å²) < 4.78 is 0. The molecule has 0 saturated heterocycles. The minimum atomic E-state index is -0.414. The van der Waals surface area contributed by atoms with Crippen molar-refractivity contribution in [1.82, 2.24) is 9.97 Å². The standard InChI is InChI=1S/C12H14N4O2S/c1-7-4-5-13-12(11(7)16(17)18)14-6-10-15-8(2)9(3)19-10/h4-5H,6H2,1-3H3,(H,13,14). The summed E-state index contributed by atoms with van der Waals surface area (Å²) in [7, 11) is 0. The summed E-state index contributed by atoms with van der Waals surface area (Å²) >= 11 is 1.58. The van der Waals surface area contributed by atoms with Crippen LogP contribution in [0.25, 0.3) is 0 Å². The van der Waals surface area contributed by atoms with E-state index in [1.54, 1.807) is 30.5 Å². The van der Waals surface area contributed by atoms with Gasteiger partial charge in [0.2, 0.25) is 5.82 Å². The van der Waals surface area contributed by atoms with Gasteiger partial charge in [-0.25, -0.2) is 9.97 Å². The summed E-state index contributed by atoms with van der Waals surface area (Å²) in [5, 5.41) is 14.9. The fourth-order valence-electron chi connectivity index (χ4n) is 1.68. The van der Waals surface area contributed by atoms with E-state index in [1.807, 2.05) is 13.8 Å². The van der Waals surface area contributed by atoms with Gasteiger partial charge in [0.1, 0.15) is 5.01 Å². The normalized spacial score (nSPS) is 10.5. The molecular weight excluding hydrogens is 264 g/mol. The molecule has 19 heavy (non-hydrogen) atoms. The van der Waals surface area contributed by atoms with Gasteiger partial charge in [-0.05, 0) is 26.8 Å². The van der Waals surface area contributed by atoms with Gasteiger partial charge in [0.15, 0.2) is 0 Å². The number of nitrogens with one attached hydrogen (secondary N) is 1. The molecule has 0 aliphatic rings. The molecule has 2 rings (SSSR count). The molecule has 0 amide bonds. The van der Waals surface area contributed by atoms with E-state index in [1.165, 1.54) is 0 Å². The minimum Gasteiger partial charge on any atom is -0.358 e. The van der Waals surface area contributed by atoms with Crippen LogP contribution in [-0.4, -0.2) is 14.9 Å². The molecule has 2 heterocycles. The Morgan fingerprint density at radius 3 is 2.74 bits per heavy atom. The Bertz CT molecular complexity index is 605. The average molecular weight is 278 g/mol. The van der Waals surface area contributed by atoms with Crippen molar-refractivity contribution in [3.63, 3.8) is 0 Å². The quantitative estimate of drug-likeness (QED) is 0.687. The summed E-state index contributed by atoms with van der Waals surface area (Å²) in [4.78, 5) is 20.2. The number of rotatable bonds is 4. The highest BCUT2D eigenvalue weighted by atomic mass is 32.1. The molecule has 0 aliphatic carbocycles. The van der Waals surface area contributed by atoms with E-state index in [4.69, 9.17) is 0 Å². The molecule has 0 atom stereocenters. The van der Waals surface area contributed by atoms with E-state index >= 15 is 0 Å². The highest BCUT2D eigenvalue weighted by Gasteiger charge is 2.18. The summed E-state index contributed by atoms with van der Waals surface area (Å²) in [6.45, 7) is 6.09. The third kappa shape index (κ3) is 2.87. The second-order valence-corrected chi connectivity index (χ2v) is 5.47. The highest BCUT2D eigenvalue weighted by molar-refractivity contribution is 7.11. The number of pyridine rings is 1. The molecule has 0 bridgehead atoms. The van der Waals surface area contributed by atoms with Gasteiger partial charge < -0.3 is 5.32 Å². The molecule has 6 nitrogen and oxygen atoms in total. The number of aryl methyl sites for hydroxylation is 3. The molecule has 0 spiro atoms. The lowest BCUT2D eigenvalue weighted by molar-refractivity contribution is -0.384. The van der Waals surface area contributed by atoms with E-state index in [2.05, 4.69) is 15.3 Å². The van der Waals surface area contributed by atoms with Gasteiger partial charge in [-0.3, -0.25) is 10.1 Å². The van der Waals surface area contributed by atoms with Crippen molar-refractivity contribution in [3.05, 3.63) is 43.5 Å². The number of nitro groups is 1. The van der Waals surface area contributed by atoms with Crippen molar-refractivity contribution in [2.75, 3.05) is 5.32 Å². The Morgan fingerprint density at radius 2 is 2.16 bits per heavy atom. The predicted molar refractivity (Wildman–Crippen MR) is 74.5 cm³/mol. The second kappa shape index (κ2) is 5.31. The predicted octanol–water partition coefficient (Wildman–Crippen LogP) is 2.98. The summed E-state index contributed by atoms with van der Waals surface area (Å²) in [5.41, 5.74) is 1.61. The first kappa shape index (κ1) is 13.4. The van der Waals surface area contributed by atoms with Crippen molar-refractivity contribution in [1.29, 1.82) is 0 Å². The average Bonchev–Trinajstić information content (AvgIpc) is 2.65. The van der Waals surface area contributed by atoms with Crippen LogP contribution < -0.4 is 5.32 Å². The van der Waals surface area contributed by atoms with E-state index in [0.717, 1.165) is 15.6 Å². The zero-order valence-corrected chi connectivity index (χ0v) is 11.7. The van der Waals surface area contributed by atoms with Crippen LogP contribution in [0.2, 0.25) is 0 Å². The van der Waals surface area contributed by atoms with Crippen LogP contribution in [0.3, 0.4) is 0 Å². The first-order valence-corrected chi connectivity index (χ1v) is 6.57. The Kier molecular flexibility index (Phi) is 3.75. The molecule has 2 aromatic heterocycles. The van der Waals surface area contributed by atoms with Gasteiger partial charge in [0.05, 0.1) is 17.2 Å². The van der Waals surface area contributed by atoms with Crippen LogP contribution in [0.1, 0.15) is 21.1 Å². The van der Waals surface area contributed by atoms with Crippen molar-refractivity contribution in [3.8, 4) is 0 Å². The van der Waals surface area contributed by atoms with Gasteiger partial charge in [0, 0.05) is 16.6 Å². The van der Waals surface area contributed by atoms with E-state index in [0.29, 0.717) is 12.1 Å². The van der Waals surface area contributed by atoms with E-state index < -0.39 is 4.92 Å². The maximum atomic E-state index is 11.0. The maximum Gasteiger partial charge on any atom is 0.314 e. The van der Waals surface area contributed by atoms with Crippen molar-refractivity contribution < 1.29 is 4.92 Å². The number of thiazole rings is 1. The fraction of sp³-hybridized carbons (Fsp3) is 0.333. The van der Waals surface area contributed by atoms with Crippen LogP contribution in [0.15, 0.2) is 12.3 Å². The van der Waals surface area contributed by atoms with Crippen molar-refractivity contribution >= 4 is 22.8 Å².